The van der Waals surface area contributed by atoms with Gasteiger partial charge in [0, 0.05) is 36.0 Å². The molecule has 1 aliphatic carbocycles. The summed E-state index contributed by atoms with van der Waals surface area (Å²) in [6, 6.07) is 7.44. The number of hydrogen-bond acceptors (Lipinski definition) is 4. The van der Waals surface area contributed by atoms with Crippen LogP contribution in [0.1, 0.15) is 37.7 Å². The standard InChI is InChI=1S/C20H26ClN3O3/c21-14-3-1-2-13(8-14)20(12-22)6-4-15(5-7-20)23-11-18(26)24-10-16(25)9-17(24)19(23)27/h1-3,8,15-17,25H,4-7,9-12,22H2/t15-,16-,17+,20-/m1/s1. The quantitative estimate of drug-likeness (QED) is 0.812. The Balaban J connectivity index is 1.49. The number of carbonyl (C=O) groups is 2. The van der Waals surface area contributed by atoms with Crippen LogP contribution in [0.2, 0.25) is 5.02 Å². The minimum atomic E-state index is -0.595. The Morgan fingerprint density at radius 2 is 1.96 bits per heavy atom. The molecule has 2 saturated heterocycles. The van der Waals surface area contributed by atoms with Crippen molar-refractivity contribution in [3.8, 4) is 0 Å². The fourth-order valence-corrected chi connectivity index (χ4v) is 5.22. The van der Waals surface area contributed by atoms with Crippen molar-refractivity contribution in [2.45, 2.75) is 55.7 Å². The van der Waals surface area contributed by atoms with Crippen LogP contribution in [0.5, 0.6) is 0 Å². The van der Waals surface area contributed by atoms with Gasteiger partial charge in [0.1, 0.15) is 12.6 Å². The third kappa shape index (κ3) is 3.24. The van der Waals surface area contributed by atoms with E-state index < -0.39 is 12.1 Å². The maximum Gasteiger partial charge on any atom is 0.246 e. The third-order valence-corrected chi connectivity index (χ3v) is 6.89. The molecule has 3 aliphatic rings. The molecule has 1 aromatic carbocycles. The minimum Gasteiger partial charge on any atom is -0.391 e. The molecule has 27 heavy (non-hydrogen) atoms. The highest BCUT2D eigenvalue weighted by Gasteiger charge is 2.48. The zero-order valence-electron chi connectivity index (χ0n) is 15.3. The van der Waals surface area contributed by atoms with Crippen LogP contribution >= 0.6 is 11.6 Å². The number of nitrogens with two attached hydrogens (primary N) is 1. The highest BCUT2D eigenvalue weighted by atomic mass is 35.5. The number of aliphatic hydroxyl groups excluding tert-OH is 1. The minimum absolute atomic E-state index is 0.0147. The van der Waals surface area contributed by atoms with Crippen molar-refractivity contribution in [2.24, 2.45) is 5.73 Å². The van der Waals surface area contributed by atoms with E-state index in [-0.39, 0.29) is 36.4 Å². The lowest BCUT2D eigenvalue weighted by Gasteiger charge is -2.46. The van der Waals surface area contributed by atoms with E-state index in [1.807, 2.05) is 18.2 Å². The first-order valence-corrected chi connectivity index (χ1v) is 10.1. The summed E-state index contributed by atoms with van der Waals surface area (Å²) in [7, 11) is 0. The third-order valence-electron chi connectivity index (χ3n) is 6.65. The smallest absolute Gasteiger partial charge is 0.246 e. The Hall–Kier alpha value is -1.63. The molecule has 146 valence electrons. The monoisotopic (exact) mass is 391 g/mol. The zero-order valence-corrected chi connectivity index (χ0v) is 16.1. The Morgan fingerprint density at radius 1 is 1.22 bits per heavy atom. The summed E-state index contributed by atoms with van der Waals surface area (Å²) < 4.78 is 0. The van der Waals surface area contributed by atoms with Gasteiger partial charge in [-0.1, -0.05) is 23.7 Å². The Morgan fingerprint density at radius 3 is 2.63 bits per heavy atom. The SMILES string of the molecule is NC[C@]1(c2cccc(Cl)c2)CC[C@H](N2CC(=O)N3C[C@H](O)C[C@H]3C2=O)CC1. The van der Waals surface area contributed by atoms with E-state index in [9.17, 15) is 14.7 Å². The molecule has 0 spiro atoms. The number of fused-ring (bicyclic) bond motifs is 1. The molecule has 2 amide bonds. The number of amides is 2. The molecule has 3 fully saturated rings. The number of rotatable bonds is 3. The highest BCUT2D eigenvalue weighted by Crippen LogP contribution is 2.41. The van der Waals surface area contributed by atoms with Crippen LogP contribution in [0, 0.1) is 0 Å². The average molecular weight is 392 g/mol. The van der Waals surface area contributed by atoms with E-state index in [0.29, 0.717) is 18.0 Å². The van der Waals surface area contributed by atoms with E-state index in [0.717, 1.165) is 31.2 Å². The van der Waals surface area contributed by atoms with Crippen molar-refractivity contribution in [1.82, 2.24) is 9.80 Å². The maximum atomic E-state index is 12.9. The van der Waals surface area contributed by atoms with Crippen molar-refractivity contribution < 1.29 is 14.7 Å². The van der Waals surface area contributed by atoms with Gasteiger partial charge in [0.15, 0.2) is 0 Å². The van der Waals surface area contributed by atoms with E-state index >= 15 is 0 Å². The van der Waals surface area contributed by atoms with Gasteiger partial charge >= 0.3 is 0 Å². The first-order chi connectivity index (χ1) is 12.9. The van der Waals surface area contributed by atoms with Gasteiger partial charge in [0.25, 0.3) is 0 Å². The summed E-state index contributed by atoms with van der Waals surface area (Å²) in [5.74, 6) is -0.0687. The predicted octanol–water partition coefficient (Wildman–Crippen LogP) is 1.28. The molecule has 0 radical (unpaired) electrons. The molecule has 0 aromatic heterocycles. The van der Waals surface area contributed by atoms with E-state index in [1.165, 1.54) is 0 Å². The summed E-state index contributed by atoms with van der Waals surface area (Å²) in [6.07, 6.45) is 3.12. The van der Waals surface area contributed by atoms with Gasteiger partial charge in [-0.25, -0.2) is 0 Å². The molecule has 1 saturated carbocycles. The lowest BCUT2D eigenvalue weighted by molar-refractivity contribution is -0.156. The van der Waals surface area contributed by atoms with Crippen molar-refractivity contribution in [2.75, 3.05) is 19.6 Å². The van der Waals surface area contributed by atoms with Gasteiger partial charge in [-0.05, 0) is 43.4 Å². The predicted molar refractivity (Wildman–Crippen MR) is 102 cm³/mol. The molecule has 2 heterocycles. The van der Waals surface area contributed by atoms with Crippen molar-refractivity contribution >= 4 is 23.4 Å². The second kappa shape index (κ2) is 7.08. The lowest BCUT2D eigenvalue weighted by atomic mass is 9.68. The maximum absolute atomic E-state index is 12.9. The topological polar surface area (TPSA) is 86.9 Å². The van der Waals surface area contributed by atoms with Crippen LogP contribution in [0.4, 0.5) is 0 Å². The highest BCUT2D eigenvalue weighted by molar-refractivity contribution is 6.30. The zero-order chi connectivity index (χ0) is 19.2. The molecule has 0 bridgehead atoms. The van der Waals surface area contributed by atoms with Crippen molar-refractivity contribution in [1.29, 1.82) is 0 Å². The first kappa shape index (κ1) is 18.7. The van der Waals surface area contributed by atoms with Crippen LogP contribution in [-0.2, 0) is 15.0 Å². The van der Waals surface area contributed by atoms with Gasteiger partial charge in [0.2, 0.25) is 11.8 Å². The molecule has 7 heteroatoms. The molecule has 4 rings (SSSR count). The number of carbonyl (C=O) groups excluding carboxylic acids is 2. The van der Waals surface area contributed by atoms with Crippen LogP contribution in [0.15, 0.2) is 24.3 Å². The fourth-order valence-electron chi connectivity index (χ4n) is 5.03. The summed E-state index contributed by atoms with van der Waals surface area (Å²) in [4.78, 5) is 28.7. The van der Waals surface area contributed by atoms with E-state index in [1.54, 1.807) is 9.80 Å². The average Bonchev–Trinajstić information content (AvgIpc) is 3.07. The van der Waals surface area contributed by atoms with Crippen molar-refractivity contribution in [3.63, 3.8) is 0 Å². The normalized spacial score (nSPS) is 34.1. The lowest BCUT2D eigenvalue weighted by Crippen LogP contribution is -2.61. The van der Waals surface area contributed by atoms with Gasteiger partial charge in [-0.3, -0.25) is 9.59 Å². The number of aliphatic hydroxyl groups is 1. The molecule has 1 aromatic rings. The molecule has 3 N–H and O–H groups in total. The fraction of sp³-hybridized carbons (Fsp3) is 0.600. The van der Waals surface area contributed by atoms with Gasteiger partial charge < -0.3 is 20.6 Å². The van der Waals surface area contributed by atoms with Crippen molar-refractivity contribution in [3.05, 3.63) is 34.9 Å². The second-order valence-electron chi connectivity index (χ2n) is 8.14. The first-order valence-electron chi connectivity index (χ1n) is 9.68. The number of piperazine rings is 1. The number of hydrogen-bond donors (Lipinski definition) is 2. The molecular formula is C20H26ClN3O3. The number of nitrogens with zero attached hydrogens (tertiary/aromatic N) is 2. The van der Waals surface area contributed by atoms with Crippen LogP contribution in [0.3, 0.4) is 0 Å². The summed E-state index contributed by atoms with van der Waals surface area (Å²) in [5, 5.41) is 10.6. The summed E-state index contributed by atoms with van der Waals surface area (Å²) in [6.45, 7) is 0.938. The van der Waals surface area contributed by atoms with Gasteiger partial charge in [-0.15, -0.1) is 0 Å². The Bertz CT molecular complexity index is 748. The van der Waals surface area contributed by atoms with E-state index in [4.69, 9.17) is 17.3 Å². The molecule has 6 nitrogen and oxygen atoms in total. The Kier molecular flexibility index (Phi) is 4.91. The number of benzene rings is 1. The van der Waals surface area contributed by atoms with Crippen LogP contribution in [-0.4, -0.2) is 64.5 Å². The Labute approximate surface area is 164 Å². The molecule has 0 unspecified atom stereocenters. The summed E-state index contributed by atoms with van der Waals surface area (Å²) >= 11 is 6.18. The second-order valence-corrected chi connectivity index (χ2v) is 8.58. The van der Waals surface area contributed by atoms with E-state index in [2.05, 4.69) is 6.07 Å². The largest absolute Gasteiger partial charge is 0.391 e. The van der Waals surface area contributed by atoms with Gasteiger partial charge in [-0.2, -0.15) is 0 Å². The molecular weight excluding hydrogens is 366 g/mol. The molecule has 2 atom stereocenters. The van der Waals surface area contributed by atoms with Crippen LogP contribution in [0.25, 0.3) is 0 Å². The number of halogens is 1. The summed E-state index contributed by atoms with van der Waals surface area (Å²) in [5.41, 5.74) is 7.20. The van der Waals surface area contributed by atoms with Crippen LogP contribution < -0.4 is 5.73 Å². The van der Waals surface area contributed by atoms with Gasteiger partial charge in [0.05, 0.1) is 6.10 Å². The molecule has 2 aliphatic heterocycles.